The molecule has 1 fully saturated rings. The predicted octanol–water partition coefficient (Wildman–Crippen LogP) is 5.67. The Morgan fingerprint density at radius 3 is 2.43 bits per heavy atom. The monoisotopic (exact) mass is 523 g/mol. The minimum atomic E-state index is -2.01. The van der Waals surface area contributed by atoms with Crippen molar-refractivity contribution < 1.29 is 18.5 Å². The summed E-state index contributed by atoms with van der Waals surface area (Å²) < 4.78 is 13.4. The van der Waals surface area contributed by atoms with Gasteiger partial charge in [-0.1, -0.05) is 38.1 Å². The molecule has 37 heavy (non-hydrogen) atoms. The second kappa shape index (κ2) is 9.16. The quantitative estimate of drug-likeness (QED) is 0.293. The summed E-state index contributed by atoms with van der Waals surface area (Å²) in [4.78, 5) is 29.8. The molecule has 0 bridgehead atoms. The molecule has 0 unspecified atom stereocenters. The first-order valence-corrected chi connectivity index (χ1v) is 15.4. The number of urea groups is 1. The normalized spacial score (nSPS) is 16.1. The van der Waals surface area contributed by atoms with Crippen LogP contribution in [0.3, 0.4) is 0 Å². The Balaban J connectivity index is 1.55. The maximum atomic E-state index is 13.6. The fourth-order valence-electron chi connectivity index (χ4n) is 4.11. The van der Waals surface area contributed by atoms with Gasteiger partial charge in [0.05, 0.1) is 24.1 Å². The predicted molar refractivity (Wildman–Crippen MR) is 144 cm³/mol. The summed E-state index contributed by atoms with van der Waals surface area (Å²) >= 11 is 0. The number of amides is 3. The van der Waals surface area contributed by atoms with Gasteiger partial charge in [-0.15, -0.1) is 0 Å². The van der Waals surface area contributed by atoms with Gasteiger partial charge in [0, 0.05) is 18.3 Å². The van der Waals surface area contributed by atoms with E-state index >= 15 is 0 Å². The minimum Gasteiger partial charge on any atom is -0.543 e. The van der Waals surface area contributed by atoms with E-state index in [0.717, 1.165) is 28.3 Å². The number of hydrogen-bond acceptors (Lipinski definition) is 6. The van der Waals surface area contributed by atoms with Crippen LogP contribution in [0, 0.1) is 13.8 Å². The van der Waals surface area contributed by atoms with Crippen LogP contribution in [-0.2, 0) is 17.9 Å². The van der Waals surface area contributed by atoms with Gasteiger partial charge in [0.1, 0.15) is 17.0 Å². The molecule has 0 spiro atoms. The van der Waals surface area contributed by atoms with Crippen LogP contribution < -0.4 is 9.33 Å². The van der Waals surface area contributed by atoms with Crippen molar-refractivity contribution in [1.29, 1.82) is 0 Å². The number of carbonyl (C=O) groups excluding carboxylic acids is 2. The van der Waals surface area contributed by atoms with Crippen molar-refractivity contribution in [1.82, 2.24) is 19.8 Å². The maximum absolute atomic E-state index is 13.6. The van der Waals surface area contributed by atoms with E-state index in [2.05, 4.69) is 44.1 Å². The van der Waals surface area contributed by atoms with Crippen LogP contribution in [-0.4, -0.2) is 45.6 Å². The summed E-state index contributed by atoms with van der Waals surface area (Å²) in [5.41, 5.74) is 2.04. The van der Waals surface area contributed by atoms with Crippen LogP contribution >= 0.6 is 0 Å². The summed E-state index contributed by atoms with van der Waals surface area (Å²) in [6.07, 6.45) is 3.25. The van der Waals surface area contributed by atoms with Gasteiger partial charge in [-0.05, 0) is 63.5 Å². The number of carbonyl (C=O) groups is 2. The summed E-state index contributed by atoms with van der Waals surface area (Å²) in [6.45, 7) is 19.0. The van der Waals surface area contributed by atoms with Crippen LogP contribution in [0.15, 0.2) is 41.2 Å². The first kappa shape index (κ1) is 26.7. The summed E-state index contributed by atoms with van der Waals surface area (Å²) in [5, 5.41) is 8.43. The third-order valence-corrected chi connectivity index (χ3v) is 12.0. The molecular weight excluding hydrogens is 486 g/mol. The van der Waals surface area contributed by atoms with E-state index in [1.807, 2.05) is 38.1 Å². The van der Waals surface area contributed by atoms with Crippen molar-refractivity contribution in [2.24, 2.45) is 0 Å². The molecule has 3 aromatic rings. The summed E-state index contributed by atoms with van der Waals surface area (Å²) in [5.74, 6) is 1.22. The molecule has 9 nitrogen and oxygen atoms in total. The molecule has 198 valence electrons. The lowest BCUT2D eigenvalue weighted by atomic mass is 10.0. The second-order valence-corrected chi connectivity index (χ2v) is 16.5. The Bertz CT molecular complexity index is 1320. The Morgan fingerprint density at radius 2 is 1.81 bits per heavy atom. The smallest absolute Gasteiger partial charge is 0.332 e. The topological polar surface area (TPSA) is 93.7 Å². The second-order valence-electron chi connectivity index (χ2n) is 11.8. The first-order chi connectivity index (χ1) is 17.1. The minimum absolute atomic E-state index is 0.0682. The zero-order valence-corrected chi connectivity index (χ0v) is 24.2. The van der Waals surface area contributed by atoms with Crippen molar-refractivity contribution >= 4 is 25.9 Å². The number of anilines is 1. The number of aromatic nitrogens is 3. The van der Waals surface area contributed by atoms with Crippen LogP contribution in [0.2, 0.25) is 18.1 Å². The SMILES string of the molecule is Cc1noc(C)c1Cn1cc(N2C(=O)N(Cc3cccc(O[Si](C)(C)C(C)(C)C)c3)C(C)(C)C2=O)cn1. The van der Waals surface area contributed by atoms with Crippen LogP contribution in [0.5, 0.6) is 5.75 Å². The van der Waals surface area contributed by atoms with Crippen molar-refractivity contribution in [3.63, 3.8) is 0 Å². The molecule has 1 aliphatic heterocycles. The zero-order valence-electron chi connectivity index (χ0n) is 23.2. The van der Waals surface area contributed by atoms with E-state index in [1.165, 1.54) is 4.90 Å². The van der Waals surface area contributed by atoms with Crippen molar-refractivity contribution in [3.05, 3.63) is 59.2 Å². The van der Waals surface area contributed by atoms with Crippen molar-refractivity contribution in [2.75, 3.05) is 4.90 Å². The van der Waals surface area contributed by atoms with Crippen molar-refractivity contribution in [2.45, 2.75) is 85.2 Å². The lowest BCUT2D eigenvalue weighted by Gasteiger charge is -2.36. The zero-order chi connectivity index (χ0) is 27.3. The Kier molecular flexibility index (Phi) is 6.60. The van der Waals surface area contributed by atoms with Gasteiger partial charge in [0.2, 0.25) is 8.32 Å². The molecule has 4 rings (SSSR count). The molecule has 0 atom stereocenters. The molecule has 0 radical (unpaired) electrons. The van der Waals surface area contributed by atoms with Crippen LogP contribution in [0.25, 0.3) is 0 Å². The summed E-state index contributed by atoms with van der Waals surface area (Å²) in [7, 11) is -2.01. The van der Waals surface area contributed by atoms with Gasteiger partial charge in [-0.2, -0.15) is 5.10 Å². The highest BCUT2D eigenvalue weighted by atomic mass is 28.4. The molecular formula is C27H37N5O4Si. The molecule has 1 aliphatic rings. The lowest BCUT2D eigenvalue weighted by molar-refractivity contribution is -0.123. The molecule has 0 saturated carbocycles. The standard InChI is InChI=1S/C27H37N5O4Si/c1-18-23(19(2)35-29-18)17-30-16-21(14-28-30)32-24(33)27(6,7)31(25(32)34)15-20-11-10-12-22(13-20)36-37(8,9)26(3,4)5/h10-14,16H,15,17H2,1-9H3. The van der Waals surface area contributed by atoms with E-state index in [9.17, 15) is 9.59 Å². The highest BCUT2D eigenvalue weighted by Crippen LogP contribution is 2.38. The van der Waals surface area contributed by atoms with Crippen molar-refractivity contribution in [3.8, 4) is 5.75 Å². The number of imide groups is 1. The molecule has 3 heterocycles. The largest absolute Gasteiger partial charge is 0.543 e. The van der Waals surface area contributed by atoms with E-state index in [1.54, 1.807) is 35.8 Å². The van der Waals surface area contributed by atoms with Gasteiger partial charge in [-0.3, -0.25) is 9.48 Å². The Hall–Kier alpha value is -3.40. The van der Waals surface area contributed by atoms with Gasteiger partial charge in [-0.25, -0.2) is 9.69 Å². The number of rotatable bonds is 7. The number of aryl methyl sites for hydroxylation is 2. The van der Waals surface area contributed by atoms with Gasteiger partial charge in [0.15, 0.2) is 0 Å². The van der Waals surface area contributed by atoms with E-state index in [4.69, 9.17) is 8.95 Å². The van der Waals surface area contributed by atoms with Gasteiger partial charge in [0.25, 0.3) is 5.91 Å². The van der Waals surface area contributed by atoms with Crippen LogP contribution in [0.1, 0.15) is 57.2 Å². The third kappa shape index (κ3) is 4.94. The Labute approximate surface area is 219 Å². The van der Waals surface area contributed by atoms with E-state index in [0.29, 0.717) is 12.2 Å². The number of hydrogen-bond donors (Lipinski definition) is 0. The summed E-state index contributed by atoms with van der Waals surface area (Å²) in [6, 6.07) is 7.44. The highest BCUT2D eigenvalue weighted by molar-refractivity contribution is 6.74. The average Bonchev–Trinajstić information content (AvgIpc) is 3.42. The molecule has 1 aromatic carbocycles. The number of nitrogens with zero attached hydrogens (tertiary/aromatic N) is 5. The van der Waals surface area contributed by atoms with Crippen LogP contribution in [0.4, 0.5) is 10.5 Å². The fraction of sp³-hybridized carbons (Fsp3) is 0.481. The molecule has 0 N–H and O–H groups in total. The molecule has 1 saturated heterocycles. The van der Waals surface area contributed by atoms with E-state index < -0.39 is 13.9 Å². The molecule has 3 amide bonds. The maximum Gasteiger partial charge on any atom is 0.332 e. The van der Waals surface area contributed by atoms with Gasteiger partial charge < -0.3 is 13.8 Å². The first-order valence-electron chi connectivity index (χ1n) is 12.5. The Morgan fingerprint density at radius 1 is 1.11 bits per heavy atom. The highest BCUT2D eigenvalue weighted by Gasteiger charge is 2.52. The molecule has 2 aromatic heterocycles. The number of benzene rings is 1. The third-order valence-electron chi connectivity index (χ3n) is 7.62. The molecule has 10 heteroatoms. The lowest BCUT2D eigenvalue weighted by Crippen LogP contribution is -2.44. The molecule has 0 aliphatic carbocycles. The average molecular weight is 524 g/mol. The fourth-order valence-corrected chi connectivity index (χ4v) is 5.13. The van der Waals surface area contributed by atoms with Gasteiger partial charge >= 0.3 is 6.03 Å². The van der Waals surface area contributed by atoms with E-state index in [-0.39, 0.29) is 23.5 Å².